The summed E-state index contributed by atoms with van der Waals surface area (Å²) >= 11 is 0. The zero-order valence-electron chi connectivity index (χ0n) is 19.7. The molecule has 2 aliphatic rings. The van der Waals surface area contributed by atoms with Gasteiger partial charge in [-0.1, -0.05) is 36.8 Å². The van der Waals surface area contributed by atoms with Crippen molar-refractivity contribution in [3.05, 3.63) is 59.7 Å². The van der Waals surface area contributed by atoms with E-state index in [1.165, 1.54) is 22.8 Å². The fourth-order valence-corrected chi connectivity index (χ4v) is 6.34. The second-order valence-electron chi connectivity index (χ2n) is 9.59. The summed E-state index contributed by atoms with van der Waals surface area (Å²) in [6.45, 7) is 7.57. The predicted molar refractivity (Wildman–Crippen MR) is 132 cm³/mol. The maximum Gasteiger partial charge on any atom is 0.243 e. The predicted octanol–water partition coefficient (Wildman–Crippen LogP) is 3.95. The lowest BCUT2D eigenvalue weighted by atomic mass is 9.98. The standard InChI is InChI=1S/C26H35N3O3S/c1-20-7-13-25(14-8-20)33(31,32)29-16-4-6-23(19-29)26(30)27-17-22-9-11-24(12-10-22)28-15-3-5-21(2)18-28/h7-14,21,23H,3-6,15-19H2,1-2H3,(H,27,30)/t21-,23+/m1/s1. The van der Waals surface area contributed by atoms with Crippen LogP contribution in [0.2, 0.25) is 0 Å². The summed E-state index contributed by atoms with van der Waals surface area (Å²) in [6.07, 6.45) is 3.92. The molecule has 7 heteroatoms. The number of rotatable bonds is 6. The van der Waals surface area contributed by atoms with Crippen LogP contribution in [0.15, 0.2) is 53.4 Å². The molecule has 4 rings (SSSR count). The minimum atomic E-state index is -3.58. The monoisotopic (exact) mass is 469 g/mol. The molecule has 2 fully saturated rings. The Balaban J connectivity index is 1.32. The van der Waals surface area contributed by atoms with E-state index in [4.69, 9.17) is 0 Å². The van der Waals surface area contributed by atoms with E-state index in [-0.39, 0.29) is 23.3 Å². The minimum Gasteiger partial charge on any atom is -0.371 e. The van der Waals surface area contributed by atoms with E-state index in [1.807, 2.05) is 6.92 Å². The quantitative estimate of drug-likeness (QED) is 0.696. The highest BCUT2D eigenvalue weighted by atomic mass is 32.2. The second-order valence-corrected chi connectivity index (χ2v) is 11.5. The number of anilines is 1. The lowest BCUT2D eigenvalue weighted by Gasteiger charge is -2.33. The summed E-state index contributed by atoms with van der Waals surface area (Å²) in [6, 6.07) is 15.3. The summed E-state index contributed by atoms with van der Waals surface area (Å²) in [7, 11) is -3.58. The molecule has 0 aromatic heterocycles. The molecular weight excluding hydrogens is 434 g/mol. The zero-order valence-corrected chi connectivity index (χ0v) is 20.5. The number of carbonyl (C=O) groups is 1. The second kappa shape index (κ2) is 10.3. The normalized spacial score (nSPS) is 22.2. The van der Waals surface area contributed by atoms with Crippen LogP contribution < -0.4 is 10.2 Å². The molecule has 6 nitrogen and oxygen atoms in total. The van der Waals surface area contributed by atoms with Crippen LogP contribution in [0.5, 0.6) is 0 Å². The zero-order chi connectivity index (χ0) is 23.4. The molecule has 0 unspecified atom stereocenters. The van der Waals surface area contributed by atoms with Gasteiger partial charge in [0.2, 0.25) is 15.9 Å². The Labute approximate surface area is 198 Å². The third kappa shape index (κ3) is 5.76. The number of hydrogen-bond acceptors (Lipinski definition) is 4. The Kier molecular flexibility index (Phi) is 7.39. The molecule has 1 N–H and O–H groups in total. The van der Waals surface area contributed by atoms with Crippen molar-refractivity contribution >= 4 is 21.6 Å². The van der Waals surface area contributed by atoms with Crippen molar-refractivity contribution in [2.45, 2.75) is 51.0 Å². The van der Waals surface area contributed by atoms with E-state index in [2.05, 4.69) is 41.4 Å². The highest BCUT2D eigenvalue weighted by Crippen LogP contribution is 2.25. The first kappa shape index (κ1) is 23.8. The van der Waals surface area contributed by atoms with Gasteiger partial charge in [-0.25, -0.2) is 8.42 Å². The van der Waals surface area contributed by atoms with Gasteiger partial charge in [0.05, 0.1) is 10.8 Å². The third-order valence-electron chi connectivity index (χ3n) is 6.84. The summed E-state index contributed by atoms with van der Waals surface area (Å²) in [5, 5.41) is 3.02. The molecule has 0 radical (unpaired) electrons. The Bertz CT molecular complexity index is 1050. The van der Waals surface area contributed by atoms with E-state index < -0.39 is 10.0 Å². The van der Waals surface area contributed by atoms with E-state index in [9.17, 15) is 13.2 Å². The lowest BCUT2D eigenvalue weighted by molar-refractivity contribution is -0.126. The summed E-state index contributed by atoms with van der Waals surface area (Å²) in [4.78, 5) is 15.6. The van der Waals surface area contributed by atoms with Gasteiger partial charge < -0.3 is 10.2 Å². The van der Waals surface area contributed by atoms with Crippen LogP contribution >= 0.6 is 0 Å². The van der Waals surface area contributed by atoms with Crippen LogP contribution in [0.25, 0.3) is 0 Å². The largest absolute Gasteiger partial charge is 0.371 e. The number of benzene rings is 2. The fourth-order valence-electron chi connectivity index (χ4n) is 4.82. The summed E-state index contributed by atoms with van der Waals surface area (Å²) in [5.41, 5.74) is 3.31. The maximum atomic E-state index is 13.0. The molecule has 2 aromatic carbocycles. The number of nitrogens with zero attached hydrogens (tertiary/aromatic N) is 2. The molecule has 2 aliphatic heterocycles. The summed E-state index contributed by atoms with van der Waals surface area (Å²) in [5.74, 6) is 0.323. The molecule has 2 heterocycles. The van der Waals surface area contributed by atoms with Crippen LogP contribution in [0, 0.1) is 18.8 Å². The van der Waals surface area contributed by atoms with Crippen molar-refractivity contribution in [1.29, 1.82) is 0 Å². The van der Waals surface area contributed by atoms with Gasteiger partial charge in [0.15, 0.2) is 0 Å². The van der Waals surface area contributed by atoms with Crippen molar-refractivity contribution in [3.63, 3.8) is 0 Å². The molecule has 0 saturated carbocycles. The SMILES string of the molecule is Cc1ccc(S(=O)(=O)N2CCC[C@H](C(=O)NCc3ccc(N4CCC[C@@H](C)C4)cc3)C2)cc1. The van der Waals surface area contributed by atoms with E-state index in [0.717, 1.165) is 30.1 Å². The minimum absolute atomic E-state index is 0.0762. The number of carbonyl (C=O) groups excluding carboxylic acids is 1. The molecule has 1 amide bonds. The third-order valence-corrected chi connectivity index (χ3v) is 8.72. The molecule has 33 heavy (non-hydrogen) atoms. The first-order valence-corrected chi connectivity index (χ1v) is 13.5. The average molecular weight is 470 g/mol. The molecular formula is C26H35N3O3S. The first-order chi connectivity index (χ1) is 15.8. The van der Waals surface area contributed by atoms with E-state index in [0.29, 0.717) is 25.9 Å². The molecule has 0 spiro atoms. The van der Waals surface area contributed by atoms with Crippen molar-refractivity contribution in [1.82, 2.24) is 9.62 Å². The Morgan fingerprint density at radius 3 is 2.36 bits per heavy atom. The highest BCUT2D eigenvalue weighted by Gasteiger charge is 2.33. The number of hydrogen-bond donors (Lipinski definition) is 1. The first-order valence-electron chi connectivity index (χ1n) is 12.0. The summed E-state index contributed by atoms with van der Waals surface area (Å²) < 4.78 is 27.5. The smallest absolute Gasteiger partial charge is 0.243 e. The van der Waals surface area contributed by atoms with Gasteiger partial charge in [0, 0.05) is 38.4 Å². The van der Waals surface area contributed by atoms with Crippen molar-refractivity contribution in [3.8, 4) is 0 Å². The van der Waals surface area contributed by atoms with Gasteiger partial charge >= 0.3 is 0 Å². The molecule has 178 valence electrons. The van der Waals surface area contributed by atoms with Crippen molar-refractivity contribution in [2.24, 2.45) is 11.8 Å². The Hall–Kier alpha value is -2.38. The maximum absolute atomic E-state index is 13.0. The number of aryl methyl sites for hydroxylation is 1. The average Bonchev–Trinajstić information content (AvgIpc) is 2.83. The molecule has 0 bridgehead atoms. The highest BCUT2D eigenvalue weighted by molar-refractivity contribution is 7.89. The topological polar surface area (TPSA) is 69.7 Å². The van der Waals surface area contributed by atoms with Gasteiger partial charge in [-0.3, -0.25) is 4.79 Å². The van der Waals surface area contributed by atoms with Crippen molar-refractivity contribution in [2.75, 3.05) is 31.1 Å². The van der Waals surface area contributed by atoms with E-state index >= 15 is 0 Å². The van der Waals surface area contributed by atoms with Crippen LogP contribution in [0.3, 0.4) is 0 Å². The van der Waals surface area contributed by atoms with Gasteiger partial charge in [-0.2, -0.15) is 4.31 Å². The fraction of sp³-hybridized carbons (Fsp3) is 0.500. The van der Waals surface area contributed by atoms with Crippen LogP contribution in [-0.4, -0.2) is 44.8 Å². The van der Waals surface area contributed by atoms with Gasteiger partial charge in [-0.05, 0) is 68.4 Å². The van der Waals surface area contributed by atoms with Crippen molar-refractivity contribution < 1.29 is 13.2 Å². The van der Waals surface area contributed by atoms with Gasteiger partial charge in [0.1, 0.15) is 0 Å². The molecule has 2 saturated heterocycles. The molecule has 0 aliphatic carbocycles. The van der Waals surface area contributed by atoms with Crippen LogP contribution in [-0.2, 0) is 21.4 Å². The number of nitrogens with one attached hydrogen (secondary N) is 1. The van der Waals surface area contributed by atoms with Gasteiger partial charge in [-0.15, -0.1) is 0 Å². The number of amides is 1. The number of piperidine rings is 2. The Morgan fingerprint density at radius 1 is 0.970 bits per heavy atom. The van der Waals surface area contributed by atoms with Gasteiger partial charge in [0.25, 0.3) is 0 Å². The van der Waals surface area contributed by atoms with E-state index in [1.54, 1.807) is 24.3 Å². The number of sulfonamides is 1. The lowest BCUT2D eigenvalue weighted by Crippen LogP contribution is -2.45. The molecule has 2 atom stereocenters. The van der Waals surface area contributed by atoms with Crippen LogP contribution in [0.4, 0.5) is 5.69 Å². The Morgan fingerprint density at radius 2 is 1.67 bits per heavy atom. The van der Waals surface area contributed by atoms with Crippen LogP contribution in [0.1, 0.15) is 43.7 Å². The molecule has 2 aromatic rings.